The number of amides is 1. The third-order valence-electron chi connectivity index (χ3n) is 5.46. The Morgan fingerprint density at radius 2 is 1.93 bits per heavy atom. The fourth-order valence-electron chi connectivity index (χ4n) is 3.74. The molecule has 4 nitrogen and oxygen atoms in total. The van der Waals surface area contributed by atoms with E-state index in [0.29, 0.717) is 6.61 Å². The Balaban J connectivity index is 1.49. The summed E-state index contributed by atoms with van der Waals surface area (Å²) in [4.78, 5) is 19.1. The molecule has 0 N–H and O–H groups in total. The van der Waals surface area contributed by atoms with Gasteiger partial charge >= 0.3 is 0 Å². The summed E-state index contributed by atoms with van der Waals surface area (Å²) in [6, 6.07) is 12.1. The number of rotatable bonds is 5. The van der Waals surface area contributed by atoms with Crippen LogP contribution >= 0.6 is 11.3 Å². The van der Waals surface area contributed by atoms with Crippen LogP contribution in [0.1, 0.15) is 46.3 Å². The van der Waals surface area contributed by atoms with E-state index in [2.05, 4.69) is 24.0 Å². The van der Waals surface area contributed by atoms with Gasteiger partial charge < -0.3 is 9.64 Å². The fourth-order valence-corrected chi connectivity index (χ4v) is 4.29. The maximum Gasteiger partial charge on any atom is 0.253 e. The molecule has 2 heterocycles. The van der Waals surface area contributed by atoms with Gasteiger partial charge in [0.25, 0.3) is 5.91 Å². The van der Waals surface area contributed by atoms with E-state index in [4.69, 9.17) is 4.74 Å². The van der Waals surface area contributed by atoms with Gasteiger partial charge in [-0.1, -0.05) is 17.7 Å². The third-order valence-corrected chi connectivity index (χ3v) is 6.05. The first-order valence-electron chi connectivity index (χ1n) is 10.1. The van der Waals surface area contributed by atoms with Crippen molar-refractivity contribution in [1.29, 1.82) is 0 Å². The van der Waals surface area contributed by atoms with Crippen LogP contribution in [-0.4, -0.2) is 28.9 Å². The van der Waals surface area contributed by atoms with Crippen molar-refractivity contribution in [2.75, 3.05) is 13.1 Å². The zero-order valence-electron chi connectivity index (χ0n) is 17.0. The van der Waals surface area contributed by atoms with E-state index in [-0.39, 0.29) is 5.91 Å². The lowest BCUT2D eigenvalue weighted by atomic mass is 10.0. The fraction of sp³-hybridized carbons (Fsp3) is 0.333. The quantitative estimate of drug-likeness (QED) is 0.551. The molecule has 0 radical (unpaired) electrons. The van der Waals surface area contributed by atoms with Crippen molar-refractivity contribution in [2.24, 2.45) is 0 Å². The number of thiazole rings is 1. The van der Waals surface area contributed by atoms with Gasteiger partial charge in [-0.2, -0.15) is 0 Å². The molecule has 4 rings (SSSR count). The van der Waals surface area contributed by atoms with Crippen molar-refractivity contribution in [1.82, 2.24) is 9.88 Å². The van der Waals surface area contributed by atoms with Crippen LogP contribution in [0.2, 0.25) is 0 Å². The number of aryl methyl sites for hydroxylation is 2. The Morgan fingerprint density at radius 1 is 1.10 bits per heavy atom. The maximum absolute atomic E-state index is 12.7. The van der Waals surface area contributed by atoms with Crippen LogP contribution in [0, 0.1) is 13.8 Å². The van der Waals surface area contributed by atoms with Crippen LogP contribution in [0.25, 0.3) is 11.3 Å². The predicted octanol–water partition coefficient (Wildman–Crippen LogP) is 5.63. The highest BCUT2D eigenvalue weighted by molar-refractivity contribution is 7.07. The standard InChI is InChI=1S/C24H26N2O2S/c1-17-6-9-23(21(12-17)22-15-29-16-25-22)28-14-20-8-7-19(13-18(20)2)24(27)26-10-4-3-5-11-26/h6-9,12-13,15-16H,3-5,10-11,14H2,1-2H3. The monoisotopic (exact) mass is 406 g/mol. The lowest BCUT2D eigenvalue weighted by Crippen LogP contribution is -2.35. The summed E-state index contributed by atoms with van der Waals surface area (Å²) in [5.74, 6) is 0.971. The molecule has 1 saturated heterocycles. The number of piperidine rings is 1. The van der Waals surface area contributed by atoms with Gasteiger partial charge in [-0.05, 0) is 68.5 Å². The van der Waals surface area contributed by atoms with E-state index in [9.17, 15) is 4.79 Å². The summed E-state index contributed by atoms with van der Waals surface area (Å²) < 4.78 is 6.17. The molecule has 1 aliphatic rings. The number of carbonyl (C=O) groups is 1. The summed E-state index contributed by atoms with van der Waals surface area (Å²) in [6.07, 6.45) is 3.43. The average molecular weight is 407 g/mol. The van der Waals surface area contributed by atoms with Crippen LogP contribution < -0.4 is 4.74 Å². The van der Waals surface area contributed by atoms with Crippen molar-refractivity contribution in [3.05, 3.63) is 69.5 Å². The van der Waals surface area contributed by atoms with Crippen LogP contribution in [0.5, 0.6) is 5.75 Å². The minimum absolute atomic E-state index is 0.143. The zero-order valence-corrected chi connectivity index (χ0v) is 17.8. The number of carbonyl (C=O) groups excluding carboxylic acids is 1. The molecule has 1 aliphatic heterocycles. The van der Waals surface area contributed by atoms with Crippen molar-refractivity contribution >= 4 is 17.2 Å². The first-order valence-corrected chi connectivity index (χ1v) is 11.1. The van der Waals surface area contributed by atoms with Gasteiger partial charge in [-0.25, -0.2) is 4.98 Å². The summed E-state index contributed by atoms with van der Waals surface area (Å²) in [7, 11) is 0. The maximum atomic E-state index is 12.7. The van der Waals surface area contributed by atoms with Gasteiger partial charge in [0.15, 0.2) is 0 Å². The van der Waals surface area contributed by atoms with Gasteiger partial charge in [-0.3, -0.25) is 4.79 Å². The Bertz CT molecular complexity index is 992. The highest BCUT2D eigenvalue weighted by Gasteiger charge is 2.18. The molecule has 0 atom stereocenters. The molecule has 0 unspecified atom stereocenters. The van der Waals surface area contributed by atoms with Gasteiger partial charge in [0.05, 0.1) is 11.2 Å². The Hall–Kier alpha value is -2.66. The Labute approximate surface area is 176 Å². The molecule has 0 saturated carbocycles. The molecule has 2 aromatic carbocycles. The van der Waals surface area contributed by atoms with Gasteiger partial charge in [0.2, 0.25) is 0 Å². The summed E-state index contributed by atoms with van der Waals surface area (Å²) in [5, 5.41) is 2.04. The summed E-state index contributed by atoms with van der Waals surface area (Å²) >= 11 is 1.58. The van der Waals surface area contributed by atoms with E-state index in [1.165, 1.54) is 12.0 Å². The smallest absolute Gasteiger partial charge is 0.253 e. The lowest BCUT2D eigenvalue weighted by Gasteiger charge is -2.27. The van der Waals surface area contributed by atoms with Gasteiger partial charge in [0, 0.05) is 29.6 Å². The molecule has 0 bridgehead atoms. The molecule has 3 aromatic rings. The molecule has 150 valence electrons. The SMILES string of the molecule is Cc1ccc(OCc2ccc(C(=O)N3CCCCC3)cc2C)c(-c2cscn2)c1. The first kappa shape index (κ1) is 19.6. The number of ether oxygens (including phenoxy) is 1. The molecule has 5 heteroatoms. The van der Waals surface area contributed by atoms with E-state index in [0.717, 1.165) is 59.6 Å². The summed E-state index contributed by atoms with van der Waals surface area (Å²) in [5.41, 5.74) is 7.90. The summed E-state index contributed by atoms with van der Waals surface area (Å²) in [6.45, 7) is 6.32. The second-order valence-electron chi connectivity index (χ2n) is 7.66. The second kappa shape index (κ2) is 8.78. The molecule has 0 aliphatic carbocycles. The molecule has 1 amide bonds. The number of hydrogen-bond acceptors (Lipinski definition) is 4. The first-order chi connectivity index (χ1) is 14.1. The van der Waals surface area contributed by atoms with Crippen molar-refractivity contribution < 1.29 is 9.53 Å². The van der Waals surface area contributed by atoms with E-state index >= 15 is 0 Å². The largest absolute Gasteiger partial charge is 0.488 e. The van der Waals surface area contributed by atoms with Crippen molar-refractivity contribution in [3.8, 4) is 17.0 Å². The molecular formula is C24H26N2O2S. The van der Waals surface area contributed by atoms with Gasteiger partial charge in [0.1, 0.15) is 12.4 Å². The minimum atomic E-state index is 0.143. The second-order valence-corrected chi connectivity index (χ2v) is 8.37. The van der Waals surface area contributed by atoms with Crippen molar-refractivity contribution in [2.45, 2.75) is 39.7 Å². The number of likely N-dealkylation sites (tertiary alicyclic amines) is 1. The van der Waals surface area contributed by atoms with Crippen LogP contribution in [-0.2, 0) is 6.61 Å². The third kappa shape index (κ3) is 4.51. The zero-order chi connectivity index (χ0) is 20.2. The Kier molecular flexibility index (Phi) is 5.95. The van der Waals surface area contributed by atoms with E-state index in [1.54, 1.807) is 11.3 Å². The molecule has 1 fully saturated rings. The van der Waals surface area contributed by atoms with Crippen LogP contribution in [0.15, 0.2) is 47.3 Å². The topological polar surface area (TPSA) is 42.4 Å². The van der Waals surface area contributed by atoms with Crippen molar-refractivity contribution in [3.63, 3.8) is 0 Å². The minimum Gasteiger partial charge on any atom is -0.488 e. The molecule has 0 spiro atoms. The highest BCUT2D eigenvalue weighted by Crippen LogP contribution is 2.31. The normalized spacial score (nSPS) is 14.1. The number of hydrogen-bond donors (Lipinski definition) is 0. The predicted molar refractivity (Wildman–Crippen MR) is 118 cm³/mol. The van der Waals surface area contributed by atoms with Crippen LogP contribution in [0.4, 0.5) is 0 Å². The Morgan fingerprint density at radius 3 is 2.66 bits per heavy atom. The average Bonchev–Trinajstić information content (AvgIpc) is 3.28. The number of nitrogens with zero attached hydrogens (tertiary/aromatic N) is 2. The molecule has 1 aromatic heterocycles. The van der Waals surface area contributed by atoms with Crippen LogP contribution in [0.3, 0.4) is 0 Å². The number of benzene rings is 2. The van der Waals surface area contributed by atoms with Gasteiger partial charge in [-0.15, -0.1) is 11.3 Å². The van der Waals surface area contributed by atoms with E-state index in [1.807, 2.05) is 47.0 Å². The molecular weight excluding hydrogens is 380 g/mol. The lowest BCUT2D eigenvalue weighted by molar-refractivity contribution is 0.0724. The highest BCUT2D eigenvalue weighted by atomic mass is 32.1. The molecule has 29 heavy (non-hydrogen) atoms. The van der Waals surface area contributed by atoms with E-state index < -0.39 is 0 Å². The number of aromatic nitrogens is 1.